The van der Waals surface area contributed by atoms with Gasteiger partial charge in [0.05, 0.1) is 19.3 Å². The highest BCUT2D eigenvalue weighted by Gasteiger charge is 2.20. The number of esters is 1. The number of furan rings is 1. The number of carbonyl (C=O) groups is 1. The fourth-order valence-corrected chi connectivity index (χ4v) is 1.91. The van der Waals surface area contributed by atoms with E-state index < -0.39 is 0 Å². The molecule has 1 unspecified atom stereocenters. The lowest BCUT2D eigenvalue weighted by molar-refractivity contribution is -0.144. The van der Waals surface area contributed by atoms with Gasteiger partial charge < -0.3 is 9.15 Å². The van der Waals surface area contributed by atoms with Crippen LogP contribution in [0.25, 0.3) is 0 Å². The molecular weight excluding hydrogens is 200 g/mol. The molecule has 0 spiro atoms. The van der Waals surface area contributed by atoms with Gasteiger partial charge in [0.2, 0.25) is 0 Å². The number of hydrogen-bond acceptors (Lipinski definition) is 4. The summed E-state index contributed by atoms with van der Waals surface area (Å²) in [7, 11) is 1.41. The summed E-state index contributed by atoms with van der Waals surface area (Å²) in [5.74, 6) is 1.30. The van der Waals surface area contributed by atoms with Crippen LogP contribution in [-0.2, 0) is 16.0 Å². The van der Waals surface area contributed by atoms with Crippen molar-refractivity contribution in [2.24, 2.45) is 5.92 Å². The lowest BCUT2D eigenvalue weighted by atomic mass is 10.1. The molecule has 78 valence electrons. The van der Waals surface area contributed by atoms with Gasteiger partial charge in [0.15, 0.2) is 0 Å². The highest BCUT2D eigenvalue weighted by molar-refractivity contribution is 7.98. The molecular formula is C10H14O3S. The van der Waals surface area contributed by atoms with E-state index in [1.165, 1.54) is 7.11 Å². The Morgan fingerprint density at radius 2 is 2.50 bits per heavy atom. The van der Waals surface area contributed by atoms with Crippen LogP contribution in [0.4, 0.5) is 0 Å². The van der Waals surface area contributed by atoms with Crippen molar-refractivity contribution >= 4 is 17.7 Å². The van der Waals surface area contributed by atoms with Crippen LogP contribution in [0.2, 0.25) is 0 Å². The summed E-state index contributed by atoms with van der Waals surface area (Å²) >= 11 is 1.63. The molecule has 0 saturated carbocycles. The van der Waals surface area contributed by atoms with Crippen molar-refractivity contribution in [2.75, 3.05) is 19.1 Å². The Balaban J connectivity index is 2.55. The van der Waals surface area contributed by atoms with Crippen molar-refractivity contribution in [2.45, 2.75) is 6.42 Å². The summed E-state index contributed by atoms with van der Waals surface area (Å²) in [6, 6.07) is 3.69. The van der Waals surface area contributed by atoms with E-state index in [9.17, 15) is 4.79 Å². The predicted molar refractivity (Wildman–Crippen MR) is 56.3 cm³/mol. The van der Waals surface area contributed by atoms with Gasteiger partial charge in [-0.05, 0) is 18.4 Å². The Bertz CT molecular complexity index is 269. The topological polar surface area (TPSA) is 39.4 Å². The molecule has 0 aromatic carbocycles. The van der Waals surface area contributed by atoms with Gasteiger partial charge in [0.25, 0.3) is 0 Å². The molecule has 0 N–H and O–H groups in total. The monoisotopic (exact) mass is 214 g/mol. The van der Waals surface area contributed by atoms with Crippen molar-refractivity contribution in [3.05, 3.63) is 24.2 Å². The number of methoxy groups -OCH3 is 1. The lowest BCUT2D eigenvalue weighted by Gasteiger charge is -2.11. The quantitative estimate of drug-likeness (QED) is 0.702. The summed E-state index contributed by atoms with van der Waals surface area (Å²) in [5.41, 5.74) is 0. The van der Waals surface area contributed by atoms with Gasteiger partial charge in [0.1, 0.15) is 5.76 Å². The van der Waals surface area contributed by atoms with Crippen molar-refractivity contribution in [1.29, 1.82) is 0 Å². The molecule has 1 heterocycles. The average Bonchev–Trinajstić information content (AvgIpc) is 2.68. The van der Waals surface area contributed by atoms with Gasteiger partial charge in [-0.25, -0.2) is 0 Å². The molecule has 14 heavy (non-hydrogen) atoms. The van der Waals surface area contributed by atoms with Gasteiger partial charge >= 0.3 is 5.97 Å². The number of rotatable bonds is 5. The number of hydrogen-bond donors (Lipinski definition) is 0. The zero-order valence-corrected chi connectivity index (χ0v) is 9.17. The second-order valence-electron chi connectivity index (χ2n) is 2.96. The minimum Gasteiger partial charge on any atom is -0.469 e. The third-order valence-electron chi connectivity index (χ3n) is 1.93. The Morgan fingerprint density at radius 1 is 1.71 bits per heavy atom. The highest BCUT2D eigenvalue weighted by Crippen LogP contribution is 2.14. The second kappa shape index (κ2) is 5.75. The van der Waals surface area contributed by atoms with E-state index in [0.29, 0.717) is 6.42 Å². The van der Waals surface area contributed by atoms with Gasteiger partial charge in [-0.2, -0.15) is 11.8 Å². The molecule has 0 fully saturated rings. The van der Waals surface area contributed by atoms with Gasteiger partial charge in [-0.3, -0.25) is 4.79 Å². The smallest absolute Gasteiger partial charge is 0.309 e. The Kier molecular flexibility index (Phi) is 4.59. The molecule has 0 bridgehead atoms. The van der Waals surface area contributed by atoms with Crippen LogP contribution < -0.4 is 0 Å². The molecule has 0 amide bonds. The van der Waals surface area contributed by atoms with Crippen LogP contribution >= 0.6 is 11.8 Å². The zero-order chi connectivity index (χ0) is 10.4. The zero-order valence-electron chi connectivity index (χ0n) is 8.36. The fourth-order valence-electron chi connectivity index (χ4n) is 1.25. The van der Waals surface area contributed by atoms with Crippen molar-refractivity contribution in [1.82, 2.24) is 0 Å². The van der Waals surface area contributed by atoms with E-state index in [4.69, 9.17) is 9.15 Å². The molecule has 3 nitrogen and oxygen atoms in total. The largest absolute Gasteiger partial charge is 0.469 e. The Labute approximate surface area is 87.8 Å². The summed E-state index contributed by atoms with van der Waals surface area (Å²) in [6.07, 6.45) is 4.20. The number of carbonyl (C=O) groups excluding carboxylic acids is 1. The van der Waals surface area contributed by atoms with Gasteiger partial charge in [-0.1, -0.05) is 0 Å². The Morgan fingerprint density at radius 3 is 3.00 bits per heavy atom. The second-order valence-corrected chi connectivity index (χ2v) is 3.87. The molecule has 4 heteroatoms. The average molecular weight is 214 g/mol. The maximum atomic E-state index is 11.4. The van der Waals surface area contributed by atoms with Crippen molar-refractivity contribution in [3.8, 4) is 0 Å². The molecule has 0 saturated heterocycles. The fraction of sp³-hybridized carbons (Fsp3) is 0.500. The summed E-state index contributed by atoms with van der Waals surface area (Å²) in [4.78, 5) is 11.4. The maximum absolute atomic E-state index is 11.4. The molecule has 0 radical (unpaired) electrons. The molecule has 1 aromatic rings. The minimum atomic E-state index is -0.171. The molecule has 1 atom stereocenters. The lowest BCUT2D eigenvalue weighted by Crippen LogP contribution is -2.20. The normalized spacial score (nSPS) is 12.4. The van der Waals surface area contributed by atoms with E-state index in [1.807, 2.05) is 18.4 Å². The first-order valence-electron chi connectivity index (χ1n) is 4.37. The third-order valence-corrected chi connectivity index (χ3v) is 2.67. The van der Waals surface area contributed by atoms with Crippen LogP contribution in [0.3, 0.4) is 0 Å². The molecule has 1 rings (SSSR count). The van der Waals surface area contributed by atoms with Crippen molar-refractivity contribution in [3.63, 3.8) is 0 Å². The standard InChI is InChI=1S/C10H14O3S/c1-12-10(11)8(7-14-2)6-9-4-3-5-13-9/h3-5,8H,6-7H2,1-2H3. The van der Waals surface area contributed by atoms with E-state index in [-0.39, 0.29) is 11.9 Å². The summed E-state index contributed by atoms with van der Waals surface area (Å²) in [6.45, 7) is 0. The SMILES string of the molecule is COC(=O)C(CSC)Cc1ccco1. The summed E-state index contributed by atoms with van der Waals surface area (Å²) < 4.78 is 9.91. The summed E-state index contributed by atoms with van der Waals surface area (Å²) in [5, 5.41) is 0. The number of ether oxygens (including phenoxy) is 1. The third kappa shape index (κ3) is 3.10. The van der Waals surface area contributed by atoms with E-state index in [0.717, 1.165) is 11.5 Å². The van der Waals surface area contributed by atoms with E-state index in [1.54, 1.807) is 18.0 Å². The van der Waals surface area contributed by atoms with Crippen LogP contribution in [0, 0.1) is 5.92 Å². The molecule has 0 aliphatic rings. The highest BCUT2D eigenvalue weighted by atomic mass is 32.2. The van der Waals surface area contributed by atoms with Crippen LogP contribution in [0.5, 0.6) is 0 Å². The van der Waals surface area contributed by atoms with E-state index in [2.05, 4.69) is 0 Å². The van der Waals surface area contributed by atoms with E-state index >= 15 is 0 Å². The van der Waals surface area contributed by atoms with Crippen LogP contribution in [0.15, 0.2) is 22.8 Å². The van der Waals surface area contributed by atoms with Gasteiger partial charge in [-0.15, -0.1) is 0 Å². The maximum Gasteiger partial charge on any atom is 0.309 e. The Hall–Kier alpha value is -0.900. The first-order chi connectivity index (χ1) is 6.77. The van der Waals surface area contributed by atoms with Crippen LogP contribution in [0.1, 0.15) is 5.76 Å². The first kappa shape index (κ1) is 11.2. The molecule has 0 aliphatic heterocycles. The minimum absolute atomic E-state index is 0.110. The van der Waals surface area contributed by atoms with Gasteiger partial charge in [0, 0.05) is 12.2 Å². The van der Waals surface area contributed by atoms with Crippen LogP contribution in [-0.4, -0.2) is 25.1 Å². The molecule has 0 aliphatic carbocycles. The molecule has 1 aromatic heterocycles. The first-order valence-corrected chi connectivity index (χ1v) is 5.76. The predicted octanol–water partition coefficient (Wildman–Crippen LogP) is 1.97. The van der Waals surface area contributed by atoms with Crippen molar-refractivity contribution < 1.29 is 13.9 Å². The number of thioether (sulfide) groups is 1.